The van der Waals surface area contributed by atoms with Crippen molar-refractivity contribution in [3.63, 3.8) is 0 Å². The summed E-state index contributed by atoms with van der Waals surface area (Å²) in [6.45, 7) is 2.27. The fourth-order valence-corrected chi connectivity index (χ4v) is 3.67. The Hall–Kier alpha value is -0.350. The third-order valence-corrected chi connectivity index (χ3v) is 4.61. The minimum atomic E-state index is 0.672. The zero-order valence-corrected chi connectivity index (χ0v) is 10.8. The molecule has 2 heterocycles. The van der Waals surface area contributed by atoms with E-state index in [2.05, 4.69) is 56.1 Å². The predicted molar refractivity (Wildman–Crippen MR) is 71.1 cm³/mol. The van der Waals surface area contributed by atoms with E-state index in [0.717, 1.165) is 6.54 Å². The molecule has 0 saturated carbocycles. The number of nitrogens with zero attached hydrogens (tertiary/aromatic N) is 1. The number of anilines is 2. The molecule has 0 radical (unpaired) electrons. The van der Waals surface area contributed by atoms with Gasteiger partial charge in [-0.25, -0.2) is 0 Å². The maximum atomic E-state index is 3.55. The summed E-state index contributed by atoms with van der Waals surface area (Å²) in [6, 6.07) is 7.16. The molecule has 1 unspecified atom stereocenters. The SMILES string of the molecule is Brc1ccc2c(c1)N1CCSCC1CN2. The van der Waals surface area contributed by atoms with Gasteiger partial charge in [0.25, 0.3) is 0 Å². The summed E-state index contributed by atoms with van der Waals surface area (Å²) in [4.78, 5) is 2.55. The Morgan fingerprint density at radius 2 is 2.40 bits per heavy atom. The predicted octanol–water partition coefficient (Wildman–Crippen LogP) is 2.80. The van der Waals surface area contributed by atoms with Crippen molar-refractivity contribution in [2.75, 3.05) is 34.8 Å². The Kier molecular flexibility index (Phi) is 2.56. The lowest BCUT2D eigenvalue weighted by molar-refractivity contribution is 0.656. The van der Waals surface area contributed by atoms with E-state index in [9.17, 15) is 0 Å². The number of nitrogens with one attached hydrogen (secondary N) is 1. The van der Waals surface area contributed by atoms with Crippen molar-refractivity contribution >= 4 is 39.1 Å². The monoisotopic (exact) mass is 284 g/mol. The van der Waals surface area contributed by atoms with Crippen LogP contribution < -0.4 is 10.2 Å². The van der Waals surface area contributed by atoms with Crippen molar-refractivity contribution in [3.8, 4) is 0 Å². The first-order valence-electron chi connectivity index (χ1n) is 5.22. The Balaban J connectivity index is 2.01. The number of hydrogen-bond acceptors (Lipinski definition) is 3. The number of benzene rings is 1. The molecular weight excluding hydrogens is 272 g/mol. The van der Waals surface area contributed by atoms with Crippen molar-refractivity contribution < 1.29 is 0 Å². The van der Waals surface area contributed by atoms with Gasteiger partial charge in [0.05, 0.1) is 17.4 Å². The maximum absolute atomic E-state index is 3.55. The molecule has 1 saturated heterocycles. The van der Waals surface area contributed by atoms with Crippen LogP contribution in [0.15, 0.2) is 22.7 Å². The van der Waals surface area contributed by atoms with Gasteiger partial charge in [-0.1, -0.05) is 15.9 Å². The molecule has 0 bridgehead atoms. The summed E-state index contributed by atoms with van der Waals surface area (Å²) in [5.41, 5.74) is 2.64. The van der Waals surface area contributed by atoms with Gasteiger partial charge in [-0.3, -0.25) is 0 Å². The summed E-state index contributed by atoms with van der Waals surface area (Å²) < 4.78 is 1.17. The molecular formula is C11H13BrN2S. The van der Waals surface area contributed by atoms with Gasteiger partial charge in [-0.15, -0.1) is 0 Å². The second-order valence-electron chi connectivity index (χ2n) is 3.96. The van der Waals surface area contributed by atoms with Gasteiger partial charge in [-0.2, -0.15) is 11.8 Å². The first kappa shape index (κ1) is 9.85. The highest BCUT2D eigenvalue weighted by Gasteiger charge is 2.28. The molecule has 0 spiro atoms. The molecule has 1 fully saturated rings. The van der Waals surface area contributed by atoms with E-state index in [0.29, 0.717) is 6.04 Å². The average molecular weight is 285 g/mol. The Bertz CT molecular complexity index is 383. The van der Waals surface area contributed by atoms with Crippen LogP contribution in [0.1, 0.15) is 0 Å². The van der Waals surface area contributed by atoms with Gasteiger partial charge in [-0.05, 0) is 18.2 Å². The van der Waals surface area contributed by atoms with Gasteiger partial charge in [0.1, 0.15) is 0 Å². The highest BCUT2D eigenvalue weighted by atomic mass is 79.9. The van der Waals surface area contributed by atoms with E-state index in [1.54, 1.807) is 0 Å². The molecule has 15 heavy (non-hydrogen) atoms. The van der Waals surface area contributed by atoms with Crippen molar-refractivity contribution in [2.45, 2.75) is 6.04 Å². The number of rotatable bonds is 0. The fourth-order valence-electron chi connectivity index (χ4n) is 2.26. The number of thioether (sulfide) groups is 1. The number of hydrogen-bond donors (Lipinski definition) is 1. The van der Waals surface area contributed by atoms with E-state index in [-0.39, 0.29) is 0 Å². The van der Waals surface area contributed by atoms with Gasteiger partial charge in [0.15, 0.2) is 0 Å². The molecule has 2 nitrogen and oxygen atoms in total. The van der Waals surface area contributed by atoms with Crippen LogP contribution in [0.5, 0.6) is 0 Å². The average Bonchev–Trinajstić information content (AvgIpc) is 2.29. The molecule has 80 valence electrons. The summed E-state index contributed by atoms with van der Waals surface area (Å²) in [5, 5.41) is 3.51. The van der Waals surface area contributed by atoms with Crippen LogP contribution in [-0.2, 0) is 0 Å². The van der Waals surface area contributed by atoms with Crippen LogP contribution in [0.3, 0.4) is 0 Å². The summed E-state index contributed by atoms with van der Waals surface area (Å²) in [7, 11) is 0. The number of halogens is 1. The first-order valence-corrected chi connectivity index (χ1v) is 7.17. The second-order valence-corrected chi connectivity index (χ2v) is 6.03. The van der Waals surface area contributed by atoms with Crippen molar-refractivity contribution in [1.29, 1.82) is 0 Å². The fraction of sp³-hybridized carbons (Fsp3) is 0.455. The van der Waals surface area contributed by atoms with Crippen LogP contribution >= 0.6 is 27.7 Å². The molecule has 0 amide bonds. The lowest BCUT2D eigenvalue weighted by Gasteiger charge is -2.42. The Labute approximate surface area is 103 Å². The smallest absolute Gasteiger partial charge is 0.0617 e. The maximum Gasteiger partial charge on any atom is 0.0617 e. The normalized spacial score (nSPS) is 24.1. The van der Waals surface area contributed by atoms with Gasteiger partial charge in [0.2, 0.25) is 0 Å². The molecule has 1 aromatic rings. The molecule has 3 rings (SSSR count). The van der Waals surface area contributed by atoms with Gasteiger partial charge >= 0.3 is 0 Å². The zero-order chi connectivity index (χ0) is 10.3. The quantitative estimate of drug-likeness (QED) is 0.789. The summed E-state index contributed by atoms with van der Waals surface area (Å²) in [6.07, 6.45) is 0. The minimum absolute atomic E-state index is 0.672. The van der Waals surface area contributed by atoms with Crippen LogP contribution in [0.4, 0.5) is 11.4 Å². The molecule has 2 aliphatic rings. The minimum Gasteiger partial charge on any atom is -0.381 e. The highest BCUT2D eigenvalue weighted by molar-refractivity contribution is 9.10. The molecule has 1 N–H and O–H groups in total. The standard InChI is InChI=1S/C11H13BrN2S/c12-8-1-2-10-11(5-8)14-3-4-15-7-9(14)6-13-10/h1-2,5,9,13H,3-4,6-7H2. The lowest BCUT2D eigenvalue weighted by atomic mass is 10.1. The summed E-state index contributed by atoms with van der Waals surface area (Å²) in [5.74, 6) is 2.50. The van der Waals surface area contributed by atoms with Crippen molar-refractivity contribution in [1.82, 2.24) is 0 Å². The molecule has 4 heteroatoms. The van der Waals surface area contributed by atoms with Crippen molar-refractivity contribution in [2.24, 2.45) is 0 Å². The van der Waals surface area contributed by atoms with Gasteiger partial charge < -0.3 is 10.2 Å². The Morgan fingerprint density at radius 1 is 1.47 bits per heavy atom. The molecule has 1 atom stereocenters. The van der Waals surface area contributed by atoms with E-state index in [1.807, 2.05) is 0 Å². The highest BCUT2D eigenvalue weighted by Crippen LogP contribution is 2.36. The third kappa shape index (κ3) is 1.74. The number of fused-ring (bicyclic) bond motifs is 3. The van der Waals surface area contributed by atoms with Crippen LogP contribution in [0, 0.1) is 0 Å². The Morgan fingerprint density at radius 3 is 3.33 bits per heavy atom. The molecule has 2 aliphatic heterocycles. The zero-order valence-electron chi connectivity index (χ0n) is 8.37. The molecule has 1 aromatic carbocycles. The second kappa shape index (κ2) is 3.91. The van der Waals surface area contributed by atoms with Crippen LogP contribution in [0.25, 0.3) is 0 Å². The van der Waals surface area contributed by atoms with E-state index >= 15 is 0 Å². The third-order valence-electron chi connectivity index (χ3n) is 3.02. The van der Waals surface area contributed by atoms with E-state index < -0.39 is 0 Å². The van der Waals surface area contributed by atoms with Gasteiger partial charge in [0, 0.05) is 29.1 Å². The molecule has 0 aromatic heterocycles. The van der Waals surface area contributed by atoms with Crippen LogP contribution in [-0.4, -0.2) is 30.6 Å². The van der Waals surface area contributed by atoms with Crippen LogP contribution in [0.2, 0.25) is 0 Å². The largest absolute Gasteiger partial charge is 0.381 e. The topological polar surface area (TPSA) is 15.3 Å². The first-order chi connectivity index (χ1) is 7.34. The van der Waals surface area contributed by atoms with Crippen molar-refractivity contribution in [3.05, 3.63) is 22.7 Å². The van der Waals surface area contributed by atoms with E-state index in [1.165, 1.54) is 33.9 Å². The van der Waals surface area contributed by atoms with E-state index in [4.69, 9.17) is 0 Å². The molecule has 0 aliphatic carbocycles. The summed E-state index contributed by atoms with van der Waals surface area (Å²) >= 11 is 5.61. The lowest BCUT2D eigenvalue weighted by Crippen LogP contribution is -2.49.